The highest BCUT2D eigenvalue weighted by Gasteiger charge is 2.24. The summed E-state index contributed by atoms with van der Waals surface area (Å²) in [5, 5.41) is 9.74. The summed E-state index contributed by atoms with van der Waals surface area (Å²) in [6.45, 7) is 2.96. The SMILES string of the molecule is COc1cc(/C=C(/C#N)C(=O)N2CCN(c3ccccc3)CC2)cc(Br)c1OCc1ccccc1. The predicted octanol–water partition coefficient (Wildman–Crippen LogP) is 5.29. The van der Waals surface area contributed by atoms with Crippen LogP contribution in [0.4, 0.5) is 5.69 Å². The number of carbonyl (C=O) groups excluding carboxylic acids is 1. The number of nitriles is 1. The molecule has 0 spiro atoms. The van der Waals surface area contributed by atoms with Gasteiger partial charge in [0.2, 0.25) is 0 Å². The highest BCUT2D eigenvalue weighted by atomic mass is 79.9. The fourth-order valence-electron chi connectivity index (χ4n) is 3.98. The molecule has 3 aromatic carbocycles. The van der Waals surface area contributed by atoms with Crippen LogP contribution in [0.25, 0.3) is 6.08 Å². The van der Waals surface area contributed by atoms with Crippen molar-refractivity contribution in [2.45, 2.75) is 6.61 Å². The standard InChI is InChI=1S/C28H26BrN3O3/c1-34-26-18-22(17-25(29)27(26)35-20-21-8-4-2-5-9-21)16-23(19-30)28(33)32-14-12-31(13-15-32)24-10-6-3-7-11-24/h2-11,16-18H,12-15,20H2,1H3/b23-16-. The van der Waals surface area contributed by atoms with Crippen LogP contribution in [0.5, 0.6) is 11.5 Å². The van der Waals surface area contributed by atoms with Crippen LogP contribution in [0, 0.1) is 11.3 Å². The summed E-state index contributed by atoms with van der Waals surface area (Å²) in [5.74, 6) is 0.817. The average Bonchev–Trinajstić information content (AvgIpc) is 2.91. The fourth-order valence-corrected chi connectivity index (χ4v) is 4.55. The minimum absolute atomic E-state index is 0.0880. The molecule has 35 heavy (non-hydrogen) atoms. The summed E-state index contributed by atoms with van der Waals surface area (Å²) in [7, 11) is 1.56. The smallest absolute Gasteiger partial charge is 0.264 e. The molecule has 0 bridgehead atoms. The molecular formula is C28H26BrN3O3. The first-order chi connectivity index (χ1) is 17.1. The first-order valence-corrected chi connectivity index (χ1v) is 12.1. The maximum Gasteiger partial charge on any atom is 0.264 e. The quantitative estimate of drug-likeness (QED) is 0.306. The summed E-state index contributed by atoms with van der Waals surface area (Å²) < 4.78 is 12.2. The molecule has 0 radical (unpaired) electrons. The van der Waals surface area contributed by atoms with Crippen molar-refractivity contribution in [1.29, 1.82) is 5.26 Å². The number of para-hydroxylation sites is 1. The Balaban J connectivity index is 1.46. The van der Waals surface area contributed by atoms with Gasteiger partial charge >= 0.3 is 0 Å². The molecule has 0 aromatic heterocycles. The molecule has 7 heteroatoms. The van der Waals surface area contributed by atoms with Crippen molar-refractivity contribution in [3.05, 3.63) is 94.0 Å². The second-order valence-corrected chi connectivity index (χ2v) is 8.95. The van der Waals surface area contributed by atoms with Crippen LogP contribution in [0.2, 0.25) is 0 Å². The number of ether oxygens (including phenoxy) is 2. The third kappa shape index (κ3) is 6.03. The zero-order chi connectivity index (χ0) is 24.6. The van der Waals surface area contributed by atoms with Gasteiger partial charge < -0.3 is 19.3 Å². The lowest BCUT2D eigenvalue weighted by molar-refractivity contribution is -0.126. The molecule has 3 aromatic rings. The summed E-state index contributed by atoms with van der Waals surface area (Å²) in [6.07, 6.45) is 1.60. The van der Waals surface area contributed by atoms with Gasteiger partial charge in [-0.3, -0.25) is 4.79 Å². The number of piperazine rings is 1. The van der Waals surface area contributed by atoms with E-state index in [-0.39, 0.29) is 11.5 Å². The molecule has 178 valence electrons. The molecule has 1 fully saturated rings. The second kappa shape index (κ2) is 11.6. The number of benzene rings is 3. The van der Waals surface area contributed by atoms with Crippen molar-refractivity contribution in [2.75, 3.05) is 38.2 Å². The number of halogens is 1. The Hall–Kier alpha value is -3.76. The Labute approximate surface area is 214 Å². The summed E-state index contributed by atoms with van der Waals surface area (Å²) in [6, 6.07) is 25.7. The van der Waals surface area contributed by atoms with Crippen molar-refractivity contribution in [1.82, 2.24) is 4.90 Å². The third-order valence-electron chi connectivity index (χ3n) is 5.83. The summed E-state index contributed by atoms with van der Waals surface area (Å²) in [5.41, 5.74) is 2.94. The maximum absolute atomic E-state index is 13.1. The molecule has 0 aliphatic carbocycles. The van der Waals surface area contributed by atoms with Crippen molar-refractivity contribution in [2.24, 2.45) is 0 Å². The van der Waals surface area contributed by atoms with Crippen molar-refractivity contribution in [3.63, 3.8) is 0 Å². The number of rotatable bonds is 7. The summed E-state index contributed by atoms with van der Waals surface area (Å²) >= 11 is 3.55. The van der Waals surface area contributed by atoms with Gasteiger partial charge in [0, 0.05) is 31.9 Å². The van der Waals surface area contributed by atoms with E-state index < -0.39 is 0 Å². The number of amides is 1. The van der Waals surface area contributed by atoms with Crippen LogP contribution >= 0.6 is 15.9 Å². The molecule has 1 aliphatic rings. The van der Waals surface area contributed by atoms with Gasteiger partial charge in [-0.05, 0) is 57.4 Å². The third-order valence-corrected chi connectivity index (χ3v) is 6.42. The molecule has 0 unspecified atom stereocenters. The van der Waals surface area contributed by atoms with E-state index in [1.807, 2.05) is 54.6 Å². The van der Waals surface area contributed by atoms with Crippen LogP contribution < -0.4 is 14.4 Å². The lowest BCUT2D eigenvalue weighted by Crippen LogP contribution is -2.49. The number of hydrogen-bond donors (Lipinski definition) is 0. The minimum atomic E-state index is -0.264. The fraction of sp³-hybridized carbons (Fsp3) is 0.214. The second-order valence-electron chi connectivity index (χ2n) is 8.09. The van der Waals surface area contributed by atoms with Crippen molar-refractivity contribution in [3.8, 4) is 17.6 Å². The number of nitrogens with zero attached hydrogens (tertiary/aromatic N) is 3. The Morgan fingerprint density at radius 3 is 2.31 bits per heavy atom. The molecule has 0 saturated carbocycles. The first-order valence-electron chi connectivity index (χ1n) is 11.3. The van der Waals surface area contributed by atoms with Gasteiger partial charge in [-0.25, -0.2) is 0 Å². The number of carbonyl (C=O) groups is 1. The Bertz CT molecular complexity index is 1230. The van der Waals surface area contributed by atoms with E-state index in [1.165, 1.54) is 0 Å². The van der Waals surface area contributed by atoms with Crippen LogP contribution in [0.1, 0.15) is 11.1 Å². The zero-order valence-electron chi connectivity index (χ0n) is 19.5. The van der Waals surface area contributed by atoms with E-state index in [9.17, 15) is 10.1 Å². The molecule has 4 rings (SSSR count). The summed E-state index contributed by atoms with van der Waals surface area (Å²) in [4.78, 5) is 17.1. The number of hydrogen-bond acceptors (Lipinski definition) is 5. The molecule has 0 N–H and O–H groups in total. The number of anilines is 1. The molecule has 1 aliphatic heterocycles. The van der Waals surface area contributed by atoms with Gasteiger partial charge in [-0.1, -0.05) is 48.5 Å². The first kappa shape index (κ1) is 24.4. The average molecular weight is 532 g/mol. The van der Waals surface area contributed by atoms with E-state index in [0.29, 0.717) is 41.2 Å². The Kier molecular flexibility index (Phi) is 8.07. The highest BCUT2D eigenvalue weighted by molar-refractivity contribution is 9.10. The lowest BCUT2D eigenvalue weighted by Gasteiger charge is -2.36. The highest BCUT2D eigenvalue weighted by Crippen LogP contribution is 2.38. The molecule has 1 heterocycles. The Morgan fingerprint density at radius 1 is 1.03 bits per heavy atom. The van der Waals surface area contributed by atoms with E-state index in [1.54, 1.807) is 24.2 Å². The number of methoxy groups -OCH3 is 1. The normalized spacial score (nSPS) is 13.8. The topological polar surface area (TPSA) is 65.8 Å². The van der Waals surface area contributed by atoms with Crippen LogP contribution in [0.3, 0.4) is 0 Å². The van der Waals surface area contributed by atoms with Gasteiger partial charge in [0.1, 0.15) is 18.2 Å². The monoisotopic (exact) mass is 531 g/mol. The van der Waals surface area contributed by atoms with E-state index >= 15 is 0 Å². The Morgan fingerprint density at radius 2 is 1.69 bits per heavy atom. The van der Waals surface area contributed by atoms with Crippen LogP contribution in [0.15, 0.2) is 82.8 Å². The molecular weight excluding hydrogens is 506 g/mol. The largest absolute Gasteiger partial charge is 0.493 e. The molecule has 0 atom stereocenters. The van der Waals surface area contributed by atoms with Crippen LogP contribution in [-0.2, 0) is 11.4 Å². The van der Waals surface area contributed by atoms with Gasteiger partial charge in [-0.2, -0.15) is 5.26 Å². The molecule has 1 amide bonds. The van der Waals surface area contributed by atoms with E-state index in [4.69, 9.17) is 9.47 Å². The zero-order valence-corrected chi connectivity index (χ0v) is 21.1. The predicted molar refractivity (Wildman–Crippen MR) is 140 cm³/mol. The van der Waals surface area contributed by atoms with Gasteiger partial charge in [0.05, 0.1) is 11.6 Å². The molecule has 6 nitrogen and oxygen atoms in total. The van der Waals surface area contributed by atoms with Gasteiger partial charge in [0.15, 0.2) is 11.5 Å². The van der Waals surface area contributed by atoms with E-state index in [0.717, 1.165) is 24.3 Å². The van der Waals surface area contributed by atoms with Crippen molar-refractivity contribution >= 4 is 33.6 Å². The van der Waals surface area contributed by atoms with Crippen LogP contribution in [-0.4, -0.2) is 44.1 Å². The minimum Gasteiger partial charge on any atom is -0.493 e. The molecule has 1 saturated heterocycles. The van der Waals surface area contributed by atoms with Gasteiger partial charge in [-0.15, -0.1) is 0 Å². The van der Waals surface area contributed by atoms with E-state index in [2.05, 4.69) is 39.0 Å². The lowest BCUT2D eigenvalue weighted by atomic mass is 10.1. The maximum atomic E-state index is 13.1. The van der Waals surface area contributed by atoms with Gasteiger partial charge in [0.25, 0.3) is 5.91 Å². The van der Waals surface area contributed by atoms with Crippen molar-refractivity contribution < 1.29 is 14.3 Å².